The molecule has 0 atom stereocenters. The molecule has 0 saturated heterocycles. The van der Waals surface area contributed by atoms with Gasteiger partial charge in [0.05, 0.1) is 16.9 Å². The van der Waals surface area contributed by atoms with Crippen molar-refractivity contribution < 1.29 is 21.6 Å². The minimum absolute atomic E-state index is 0.0542. The maximum atomic E-state index is 12.6. The molecular formula is C17H20BrNO5S2. The van der Waals surface area contributed by atoms with Gasteiger partial charge in [-0.2, -0.15) is 0 Å². The first-order chi connectivity index (χ1) is 12.0. The van der Waals surface area contributed by atoms with Gasteiger partial charge in [0, 0.05) is 17.3 Å². The summed E-state index contributed by atoms with van der Waals surface area (Å²) in [5.74, 6) is 0.690. The van der Waals surface area contributed by atoms with Crippen LogP contribution in [0.2, 0.25) is 0 Å². The number of aryl methyl sites for hydroxylation is 1. The summed E-state index contributed by atoms with van der Waals surface area (Å²) in [6.07, 6.45) is 1.47. The van der Waals surface area contributed by atoms with E-state index in [1.54, 1.807) is 7.11 Å². The normalized spacial score (nSPS) is 12.2. The Morgan fingerprint density at radius 2 is 1.77 bits per heavy atom. The van der Waals surface area contributed by atoms with E-state index in [1.165, 1.54) is 12.1 Å². The van der Waals surface area contributed by atoms with Gasteiger partial charge in [0.25, 0.3) is 0 Å². The number of hydrogen-bond donors (Lipinski definition) is 1. The van der Waals surface area contributed by atoms with Crippen molar-refractivity contribution in [3.63, 3.8) is 0 Å². The molecule has 1 N–H and O–H groups in total. The fourth-order valence-electron chi connectivity index (χ4n) is 2.42. The van der Waals surface area contributed by atoms with Gasteiger partial charge in [0.2, 0.25) is 10.0 Å². The average Bonchev–Trinajstić information content (AvgIpc) is 2.54. The maximum Gasteiger partial charge on any atom is 0.241 e. The topological polar surface area (TPSA) is 89.5 Å². The van der Waals surface area contributed by atoms with Gasteiger partial charge in [-0.1, -0.05) is 17.7 Å². The monoisotopic (exact) mass is 461 g/mol. The number of rotatable bonds is 7. The summed E-state index contributed by atoms with van der Waals surface area (Å²) in [7, 11) is -5.82. The third-order valence-electron chi connectivity index (χ3n) is 3.74. The van der Waals surface area contributed by atoms with Crippen molar-refractivity contribution in [3.05, 3.63) is 52.0 Å². The number of nitrogens with one attached hydrogen (secondary N) is 1. The summed E-state index contributed by atoms with van der Waals surface area (Å²) < 4.78 is 56.6. The minimum Gasteiger partial charge on any atom is -0.496 e. The van der Waals surface area contributed by atoms with E-state index in [0.29, 0.717) is 16.6 Å². The molecule has 0 fully saturated rings. The van der Waals surface area contributed by atoms with Crippen molar-refractivity contribution in [2.24, 2.45) is 0 Å². The number of sulfone groups is 1. The average molecular weight is 462 g/mol. The van der Waals surface area contributed by atoms with E-state index in [4.69, 9.17) is 4.74 Å². The number of ether oxygens (including phenoxy) is 1. The van der Waals surface area contributed by atoms with E-state index in [9.17, 15) is 16.8 Å². The molecule has 9 heteroatoms. The molecule has 0 amide bonds. The summed E-state index contributed by atoms with van der Waals surface area (Å²) >= 11 is 3.17. The van der Waals surface area contributed by atoms with E-state index < -0.39 is 19.9 Å². The SMILES string of the molecule is COc1ccc(C)cc1CCNS(=O)(=O)c1cc(S(C)(=O)=O)ccc1Br. The highest BCUT2D eigenvalue weighted by molar-refractivity contribution is 9.10. The molecule has 142 valence electrons. The summed E-state index contributed by atoms with van der Waals surface area (Å²) in [4.78, 5) is -0.168. The predicted octanol–water partition coefficient (Wildman–Crippen LogP) is 2.69. The highest BCUT2D eigenvalue weighted by atomic mass is 79.9. The lowest BCUT2D eigenvalue weighted by Crippen LogP contribution is -2.26. The Kier molecular flexibility index (Phi) is 6.49. The van der Waals surface area contributed by atoms with Crippen molar-refractivity contribution >= 4 is 35.8 Å². The summed E-state index contributed by atoms with van der Waals surface area (Å²) in [6.45, 7) is 2.10. The number of sulfonamides is 1. The van der Waals surface area contributed by atoms with Crippen LogP contribution in [-0.2, 0) is 26.3 Å². The van der Waals surface area contributed by atoms with Crippen LogP contribution in [0.25, 0.3) is 0 Å². The number of halogens is 1. The van der Waals surface area contributed by atoms with Crippen molar-refractivity contribution in [1.82, 2.24) is 4.72 Å². The van der Waals surface area contributed by atoms with E-state index in [1.807, 2.05) is 25.1 Å². The van der Waals surface area contributed by atoms with E-state index in [0.717, 1.165) is 23.4 Å². The van der Waals surface area contributed by atoms with Gasteiger partial charge < -0.3 is 4.74 Å². The van der Waals surface area contributed by atoms with Gasteiger partial charge in [0.1, 0.15) is 5.75 Å². The maximum absolute atomic E-state index is 12.6. The molecule has 2 rings (SSSR count). The first kappa shape index (κ1) is 20.9. The fraction of sp³-hybridized carbons (Fsp3) is 0.294. The summed E-state index contributed by atoms with van der Waals surface area (Å²) in [5, 5.41) is 0. The third-order valence-corrected chi connectivity index (χ3v) is 7.31. The lowest BCUT2D eigenvalue weighted by molar-refractivity contribution is 0.409. The number of benzene rings is 2. The predicted molar refractivity (Wildman–Crippen MR) is 104 cm³/mol. The van der Waals surface area contributed by atoms with E-state index in [-0.39, 0.29) is 16.3 Å². The van der Waals surface area contributed by atoms with Crippen LogP contribution in [0.3, 0.4) is 0 Å². The van der Waals surface area contributed by atoms with Gasteiger partial charge in [-0.25, -0.2) is 21.6 Å². The molecule has 0 aliphatic carbocycles. The zero-order valence-corrected chi connectivity index (χ0v) is 17.8. The van der Waals surface area contributed by atoms with E-state index >= 15 is 0 Å². The van der Waals surface area contributed by atoms with Crippen molar-refractivity contribution in [2.45, 2.75) is 23.1 Å². The molecule has 0 radical (unpaired) electrons. The van der Waals surface area contributed by atoms with Crippen molar-refractivity contribution in [1.29, 1.82) is 0 Å². The minimum atomic E-state index is -3.88. The Labute approximate surface area is 162 Å². The Morgan fingerprint density at radius 3 is 2.38 bits per heavy atom. The molecule has 0 heterocycles. The summed E-state index contributed by atoms with van der Waals surface area (Å²) in [5.41, 5.74) is 1.94. The zero-order valence-electron chi connectivity index (χ0n) is 14.6. The molecule has 0 saturated carbocycles. The van der Waals surface area contributed by atoms with Gasteiger partial charge in [-0.05, 0) is 59.1 Å². The molecular weight excluding hydrogens is 442 g/mol. The van der Waals surface area contributed by atoms with Gasteiger partial charge in [-0.3, -0.25) is 0 Å². The molecule has 26 heavy (non-hydrogen) atoms. The van der Waals surface area contributed by atoms with E-state index in [2.05, 4.69) is 20.7 Å². The quantitative estimate of drug-likeness (QED) is 0.684. The first-order valence-electron chi connectivity index (χ1n) is 7.67. The second-order valence-electron chi connectivity index (χ2n) is 5.83. The fourth-order valence-corrected chi connectivity index (χ4v) is 5.16. The van der Waals surface area contributed by atoms with Crippen LogP contribution >= 0.6 is 15.9 Å². The van der Waals surface area contributed by atoms with Crippen LogP contribution < -0.4 is 9.46 Å². The Balaban J connectivity index is 2.21. The molecule has 0 bridgehead atoms. The molecule has 0 aliphatic heterocycles. The zero-order chi connectivity index (χ0) is 19.5. The van der Waals surface area contributed by atoms with Gasteiger partial charge >= 0.3 is 0 Å². The Bertz CT molecular complexity index is 1020. The Hall–Kier alpha value is -1.42. The summed E-state index contributed by atoms with van der Waals surface area (Å²) in [6, 6.07) is 9.61. The first-order valence-corrected chi connectivity index (χ1v) is 11.8. The van der Waals surface area contributed by atoms with Crippen LogP contribution in [0, 0.1) is 6.92 Å². The second kappa shape index (κ2) is 8.08. The van der Waals surface area contributed by atoms with Crippen molar-refractivity contribution in [3.8, 4) is 5.75 Å². The van der Waals surface area contributed by atoms with Gasteiger partial charge in [0.15, 0.2) is 9.84 Å². The molecule has 0 unspecified atom stereocenters. The molecule has 2 aromatic carbocycles. The van der Waals surface area contributed by atoms with Crippen molar-refractivity contribution in [2.75, 3.05) is 19.9 Å². The lowest BCUT2D eigenvalue weighted by atomic mass is 10.1. The smallest absolute Gasteiger partial charge is 0.241 e. The molecule has 2 aromatic rings. The Morgan fingerprint density at radius 1 is 1.08 bits per heavy atom. The van der Waals surface area contributed by atoms with Gasteiger partial charge in [-0.15, -0.1) is 0 Å². The largest absolute Gasteiger partial charge is 0.496 e. The molecule has 0 spiro atoms. The van der Waals surface area contributed by atoms with Crippen LogP contribution in [-0.4, -0.2) is 36.7 Å². The number of methoxy groups -OCH3 is 1. The van der Waals surface area contributed by atoms with Crippen LogP contribution in [0.15, 0.2) is 50.7 Å². The van der Waals surface area contributed by atoms with Crippen LogP contribution in [0.5, 0.6) is 5.75 Å². The molecule has 0 aliphatic rings. The highest BCUT2D eigenvalue weighted by Gasteiger charge is 2.20. The second-order valence-corrected chi connectivity index (χ2v) is 10.4. The van der Waals surface area contributed by atoms with Crippen LogP contribution in [0.4, 0.5) is 0 Å². The third kappa shape index (κ3) is 5.06. The standard InChI is InChI=1S/C17H20BrNO5S2/c1-12-4-7-16(24-2)13(10-12)8-9-19-26(22,23)17-11-14(25(3,20)21)5-6-15(17)18/h4-7,10-11,19H,8-9H2,1-3H3. The van der Waals surface area contributed by atoms with Crippen LogP contribution in [0.1, 0.15) is 11.1 Å². The molecule has 6 nitrogen and oxygen atoms in total. The number of hydrogen-bond acceptors (Lipinski definition) is 5. The molecule has 0 aromatic heterocycles. The lowest BCUT2D eigenvalue weighted by Gasteiger charge is -2.12. The highest BCUT2D eigenvalue weighted by Crippen LogP contribution is 2.25.